The van der Waals surface area contributed by atoms with Gasteiger partial charge in [0.15, 0.2) is 0 Å². The molecule has 134 valence electrons. The molecule has 0 spiro atoms. The second kappa shape index (κ2) is 8.01. The number of nitrogens with one attached hydrogen (secondary N) is 2. The molecule has 1 aromatic heterocycles. The summed E-state index contributed by atoms with van der Waals surface area (Å²) in [6, 6.07) is 14.0. The van der Waals surface area contributed by atoms with E-state index < -0.39 is 5.82 Å². The van der Waals surface area contributed by atoms with Gasteiger partial charge in [-0.2, -0.15) is 4.98 Å². The van der Waals surface area contributed by atoms with Crippen LogP contribution in [0.1, 0.15) is 11.3 Å². The van der Waals surface area contributed by atoms with Gasteiger partial charge in [-0.05, 0) is 42.8 Å². The Morgan fingerprint density at radius 1 is 1.08 bits per heavy atom. The monoisotopic (exact) mass is 372 g/mol. The summed E-state index contributed by atoms with van der Waals surface area (Å²) in [5, 5.41) is 6.36. The number of aromatic nitrogens is 2. The first-order chi connectivity index (χ1) is 12.5. The van der Waals surface area contributed by atoms with Crippen LogP contribution in [0.25, 0.3) is 0 Å². The molecule has 5 nitrogen and oxygen atoms in total. The van der Waals surface area contributed by atoms with Crippen LogP contribution in [0.15, 0.2) is 48.5 Å². The van der Waals surface area contributed by atoms with E-state index >= 15 is 0 Å². The van der Waals surface area contributed by atoms with Crippen molar-refractivity contribution in [1.29, 1.82) is 0 Å². The van der Waals surface area contributed by atoms with Gasteiger partial charge in [0.2, 0.25) is 5.95 Å². The minimum atomic E-state index is -0.460. The number of nitrogens with zero attached hydrogens (tertiary/aromatic N) is 2. The minimum absolute atomic E-state index is 0.0543. The average Bonchev–Trinajstić information content (AvgIpc) is 2.63. The molecule has 0 bridgehead atoms. The maximum atomic E-state index is 13.3. The number of ether oxygens (including phenoxy) is 1. The lowest BCUT2D eigenvalue weighted by Gasteiger charge is -2.11. The van der Waals surface area contributed by atoms with Crippen LogP contribution in [-0.4, -0.2) is 17.1 Å². The first-order valence-corrected chi connectivity index (χ1v) is 8.36. The highest BCUT2D eigenvalue weighted by Crippen LogP contribution is 2.23. The maximum absolute atomic E-state index is 13.3. The smallest absolute Gasteiger partial charge is 0.225 e. The number of benzene rings is 2. The first-order valence-electron chi connectivity index (χ1n) is 7.98. The fraction of sp³-hybridized carbons (Fsp3) is 0.158. The molecule has 0 aliphatic heterocycles. The number of rotatable bonds is 6. The quantitative estimate of drug-likeness (QED) is 0.641. The zero-order valence-electron chi connectivity index (χ0n) is 14.4. The van der Waals surface area contributed by atoms with E-state index in [0.29, 0.717) is 24.0 Å². The number of hydrogen-bond donors (Lipinski definition) is 2. The van der Waals surface area contributed by atoms with E-state index in [1.54, 1.807) is 19.2 Å². The van der Waals surface area contributed by atoms with Crippen molar-refractivity contribution in [3.63, 3.8) is 0 Å². The van der Waals surface area contributed by atoms with Gasteiger partial charge < -0.3 is 15.4 Å². The van der Waals surface area contributed by atoms with Crippen LogP contribution in [0.2, 0.25) is 5.02 Å². The second-order valence-electron chi connectivity index (χ2n) is 5.67. The molecule has 2 aromatic carbocycles. The molecule has 26 heavy (non-hydrogen) atoms. The fourth-order valence-corrected chi connectivity index (χ4v) is 2.54. The summed E-state index contributed by atoms with van der Waals surface area (Å²) in [6.07, 6.45) is 0. The van der Waals surface area contributed by atoms with Crippen LogP contribution in [0.3, 0.4) is 0 Å². The molecule has 0 fully saturated rings. The lowest BCUT2D eigenvalue weighted by Crippen LogP contribution is -2.06. The maximum Gasteiger partial charge on any atom is 0.225 e. The van der Waals surface area contributed by atoms with Crippen molar-refractivity contribution in [2.45, 2.75) is 13.5 Å². The molecule has 0 aliphatic rings. The minimum Gasteiger partial charge on any atom is -0.497 e. The Labute approximate surface area is 156 Å². The van der Waals surface area contributed by atoms with Crippen LogP contribution in [0, 0.1) is 12.7 Å². The zero-order chi connectivity index (χ0) is 18.5. The lowest BCUT2D eigenvalue weighted by molar-refractivity contribution is 0.414. The van der Waals surface area contributed by atoms with Gasteiger partial charge in [0.25, 0.3) is 0 Å². The number of aryl methyl sites for hydroxylation is 1. The van der Waals surface area contributed by atoms with Crippen LogP contribution >= 0.6 is 11.6 Å². The van der Waals surface area contributed by atoms with Gasteiger partial charge in [-0.15, -0.1) is 0 Å². The fourth-order valence-electron chi connectivity index (χ4n) is 2.36. The van der Waals surface area contributed by atoms with E-state index in [-0.39, 0.29) is 5.02 Å². The third kappa shape index (κ3) is 4.61. The van der Waals surface area contributed by atoms with Gasteiger partial charge in [0, 0.05) is 24.0 Å². The summed E-state index contributed by atoms with van der Waals surface area (Å²) in [6.45, 7) is 2.46. The summed E-state index contributed by atoms with van der Waals surface area (Å²) < 4.78 is 18.4. The number of methoxy groups -OCH3 is 1. The Bertz CT molecular complexity index is 903. The molecule has 0 radical (unpaired) electrons. The molecular formula is C19H18ClFN4O. The lowest BCUT2D eigenvalue weighted by atomic mass is 10.2. The van der Waals surface area contributed by atoms with Crippen molar-refractivity contribution >= 4 is 29.1 Å². The van der Waals surface area contributed by atoms with Crippen molar-refractivity contribution in [2.75, 3.05) is 17.7 Å². The number of anilines is 3. The van der Waals surface area contributed by atoms with Crippen molar-refractivity contribution in [1.82, 2.24) is 9.97 Å². The molecule has 3 rings (SSSR count). The Morgan fingerprint density at radius 2 is 1.85 bits per heavy atom. The molecule has 0 amide bonds. The van der Waals surface area contributed by atoms with Gasteiger partial charge >= 0.3 is 0 Å². The standard InChI is InChI=1S/C19H18ClFN4O/c1-12-9-18(24-14-5-8-17(21)16(20)10-14)25-19(23-12)22-11-13-3-6-15(26-2)7-4-13/h3-10H,11H2,1-2H3,(H2,22,23,24,25). The van der Waals surface area contributed by atoms with Crippen LogP contribution < -0.4 is 15.4 Å². The number of halogens is 2. The van der Waals surface area contributed by atoms with Gasteiger partial charge in [0.1, 0.15) is 17.4 Å². The largest absolute Gasteiger partial charge is 0.497 e. The molecule has 0 atom stereocenters. The van der Waals surface area contributed by atoms with Gasteiger partial charge in [0.05, 0.1) is 12.1 Å². The molecule has 0 aliphatic carbocycles. The molecule has 3 aromatic rings. The Morgan fingerprint density at radius 3 is 2.54 bits per heavy atom. The van der Waals surface area contributed by atoms with Gasteiger partial charge in [-0.1, -0.05) is 23.7 Å². The highest BCUT2D eigenvalue weighted by atomic mass is 35.5. The summed E-state index contributed by atoms with van der Waals surface area (Å²) in [4.78, 5) is 8.82. The summed E-state index contributed by atoms with van der Waals surface area (Å²) in [7, 11) is 1.64. The molecule has 1 heterocycles. The van der Waals surface area contributed by atoms with E-state index in [1.165, 1.54) is 12.1 Å². The van der Waals surface area contributed by atoms with Gasteiger partial charge in [-0.3, -0.25) is 0 Å². The molecular weight excluding hydrogens is 355 g/mol. The highest BCUT2D eigenvalue weighted by Gasteiger charge is 2.05. The summed E-state index contributed by atoms with van der Waals surface area (Å²) >= 11 is 5.81. The normalized spacial score (nSPS) is 10.5. The third-order valence-electron chi connectivity index (χ3n) is 3.66. The van der Waals surface area contributed by atoms with E-state index in [4.69, 9.17) is 16.3 Å². The van der Waals surface area contributed by atoms with Crippen LogP contribution in [-0.2, 0) is 6.54 Å². The predicted octanol–water partition coefficient (Wildman–Crippen LogP) is 4.94. The van der Waals surface area contributed by atoms with Crippen LogP contribution in [0.5, 0.6) is 5.75 Å². The van der Waals surface area contributed by atoms with E-state index in [0.717, 1.165) is 17.0 Å². The van der Waals surface area contributed by atoms with Crippen molar-refractivity contribution in [3.05, 3.63) is 70.6 Å². The predicted molar refractivity (Wildman–Crippen MR) is 102 cm³/mol. The van der Waals surface area contributed by atoms with E-state index in [9.17, 15) is 4.39 Å². The molecule has 0 saturated heterocycles. The topological polar surface area (TPSA) is 59.1 Å². The van der Waals surface area contributed by atoms with Crippen molar-refractivity contribution in [3.8, 4) is 5.75 Å². The second-order valence-corrected chi connectivity index (χ2v) is 6.08. The number of hydrogen-bond acceptors (Lipinski definition) is 5. The Hall–Kier alpha value is -2.86. The summed E-state index contributed by atoms with van der Waals surface area (Å²) in [5.41, 5.74) is 2.53. The van der Waals surface area contributed by atoms with Crippen molar-refractivity contribution < 1.29 is 9.13 Å². The average molecular weight is 373 g/mol. The zero-order valence-corrected chi connectivity index (χ0v) is 15.1. The summed E-state index contributed by atoms with van der Waals surface area (Å²) in [5.74, 6) is 1.44. The molecule has 0 saturated carbocycles. The molecule has 2 N–H and O–H groups in total. The van der Waals surface area contributed by atoms with Gasteiger partial charge in [-0.25, -0.2) is 9.37 Å². The molecule has 0 unspecified atom stereocenters. The Kier molecular flexibility index (Phi) is 5.53. The van der Waals surface area contributed by atoms with E-state index in [1.807, 2.05) is 31.2 Å². The Balaban J connectivity index is 1.71. The molecule has 7 heteroatoms. The van der Waals surface area contributed by atoms with Crippen molar-refractivity contribution in [2.24, 2.45) is 0 Å². The first kappa shape index (κ1) is 17.9. The third-order valence-corrected chi connectivity index (χ3v) is 3.95. The highest BCUT2D eigenvalue weighted by molar-refractivity contribution is 6.31. The van der Waals surface area contributed by atoms with Crippen LogP contribution in [0.4, 0.5) is 21.8 Å². The van der Waals surface area contributed by atoms with E-state index in [2.05, 4.69) is 20.6 Å². The SMILES string of the molecule is COc1ccc(CNc2nc(C)cc(Nc3ccc(F)c(Cl)c3)n2)cc1.